The Morgan fingerprint density at radius 1 is 1.38 bits per heavy atom. The highest BCUT2D eigenvalue weighted by Crippen LogP contribution is 2.21. The number of nitrogens with zero attached hydrogens (tertiary/aromatic N) is 1. The minimum atomic E-state index is -1.31. The Labute approximate surface area is 89.0 Å². The average Bonchev–Trinajstić information content (AvgIpc) is 2.23. The van der Waals surface area contributed by atoms with Crippen LogP contribution in [0, 0.1) is 33.6 Å². The second kappa shape index (κ2) is 4.98. The van der Waals surface area contributed by atoms with Crippen molar-refractivity contribution in [3.8, 4) is 11.8 Å². The van der Waals surface area contributed by atoms with Crippen LogP contribution < -0.4 is 0 Å². The first-order chi connectivity index (χ1) is 7.56. The highest BCUT2D eigenvalue weighted by atomic mass is 19.2. The molecule has 0 aliphatic carbocycles. The lowest BCUT2D eigenvalue weighted by Gasteiger charge is -1.97. The average molecular weight is 225 g/mol. The molecule has 4 nitrogen and oxygen atoms in total. The van der Waals surface area contributed by atoms with Crippen molar-refractivity contribution in [1.29, 1.82) is 0 Å². The SMILES string of the molecule is O=CCC#Cc1cc(F)c(F)cc1[N+](=O)[O-]. The predicted octanol–water partition coefficient (Wildman–Crippen LogP) is 1.81. The Morgan fingerprint density at radius 3 is 2.56 bits per heavy atom. The van der Waals surface area contributed by atoms with E-state index in [9.17, 15) is 23.7 Å². The number of nitro groups is 1. The molecule has 0 aliphatic rings. The van der Waals surface area contributed by atoms with Crippen LogP contribution in [-0.4, -0.2) is 11.2 Å². The Morgan fingerprint density at radius 2 is 2.00 bits per heavy atom. The number of carbonyl (C=O) groups excluding carboxylic acids is 1. The molecule has 0 atom stereocenters. The summed E-state index contributed by atoms with van der Waals surface area (Å²) in [5.41, 5.74) is -0.886. The van der Waals surface area contributed by atoms with Gasteiger partial charge in [-0.3, -0.25) is 10.1 Å². The molecule has 1 aromatic carbocycles. The van der Waals surface area contributed by atoms with Gasteiger partial charge < -0.3 is 4.79 Å². The molecule has 0 aromatic heterocycles. The summed E-state index contributed by atoms with van der Waals surface area (Å²) >= 11 is 0. The summed E-state index contributed by atoms with van der Waals surface area (Å²) in [6, 6.07) is 1.09. The van der Waals surface area contributed by atoms with Crippen LogP contribution in [0.3, 0.4) is 0 Å². The summed E-state index contributed by atoms with van der Waals surface area (Å²) in [5, 5.41) is 10.5. The lowest BCUT2D eigenvalue weighted by Crippen LogP contribution is -1.96. The molecule has 0 fully saturated rings. The Balaban J connectivity index is 3.26. The number of carbonyl (C=O) groups is 1. The molecule has 0 radical (unpaired) electrons. The Hall–Kier alpha value is -2.29. The number of hydrogen-bond acceptors (Lipinski definition) is 3. The Kier molecular flexibility index (Phi) is 3.67. The van der Waals surface area contributed by atoms with Gasteiger partial charge in [0.25, 0.3) is 5.69 Å². The highest BCUT2D eigenvalue weighted by molar-refractivity contribution is 5.57. The van der Waals surface area contributed by atoms with E-state index in [-0.39, 0.29) is 12.0 Å². The molecule has 0 saturated carbocycles. The van der Waals surface area contributed by atoms with E-state index in [1.54, 1.807) is 0 Å². The minimum Gasteiger partial charge on any atom is -0.302 e. The molecule has 0 heterocycles. The second-order valence-corrected chi connectivity index (χ2v) is 2.71. The van der Waals surface area contributed by atoms with Gasteiger partial charge in [-0.25, -0.2) is 8.78 Å². The van der Waals surface area contributed by atoms with Gasteiger partial charge in [0, 0.05) is 0 Å². The number of rotatable bonds is 2. The molecular weight excluding hydrogens is 220 g/mol. The van der Waals surface area contributed by atoms with Gasteiger partial charge >= 0.3 is 0 Å². The molecule has 0 saturated heterocycles. The van der Waals surface area contributed by atoms with Crippen LogP contribution in [0.4, 0.5) is 14.5 Å². The van der Waals surface area contributed by atoms with Gasteiger partial charge in [-0.2, -0.15) is 0 Å². The summed E-state index contributed by atoms with van der Waals surface area (Å²) in [4.78, 5) is 19.6. The van der Waals surface area contributed by atoms with Crippen molar-refractivity contribution >= 4 is 12.0 Å². The van der Waals surface area contributed by atoms with E-state index in [1.165, 1.54) is 0 Å². The van der Waals surface area contributed by atoms with Crippen LogP contribution in [0.2, 0.25) is 0 Å². The number of nitro benzene ring substituents is 1. The van der Waals surface area contributed by atoms with Crippen molar-refractivity contribution in [3.05, 3.63) is 39.4 Å². The largest absolute Gasteiger partial charge is 0.302 e. The molecule has 6 heteroatoms. The van der Waals surface area contributed by atoms with Crippen LogP contribution >= 0.6 is 0 Å². The zero-order valence-electron chi connectivity index (χ0n) is 7.87. The van der Waals surface area contributed by atoms with E-state index < -0.39 is 22.2 Å². The van der Waals surface area contributed by atoms with Crippen molar-refractivity contribution < 1.29 is 18.5 Å². The first kappa shape index (κ1) is 11.8. The summed E-state index contributed by atoms with van der Waals surface area (Å²) in [6.45, 7) is 0. The van der Waals surface area contributed by atoms with Gasteiger partial charge in [0.05, 0.1) is 17.4 Å². The van der Waals surface area contributed by atoms with Gasteiger partial charge in [0.15, 0.2) is 11.6 Å². The monoisotopic (exact) mass is 225 g/mol. The molecule has 0 aliphatic heterocycles. The number of aldehydes is 1. The van der Waals surface area contributed by atoms with Crippen molar-refractivity contribution in [1.82, 2.24) is 0 Å². The van der Waals surface area contributed by atoms with E-state index in [4.69, 9.17) is 0 Å². The summed E-state index contributed by atoms with van der Waals surface area (Å²) in [7, 11) is 0. The fourth-order valence-corrected chi connectivity index (χ4v) is 0.975. The predicted molar refractivity (Wildman–Crippen MR) is 50.6 cm³/mol. The zero-order valence-corrected chi connectivity index (χ0v) is 7.87. The van der Waals surface area contributed by atoms with Crippen LogP contribution in [0.5, 0.6) is 0 Å². The first-order valence-corrected chi connectivity index (χ1v) is 4.12. The second-order valence-electron chi connectivity index (χ2n) is 2.71. The first-order valence-electron chi connectivity index (χ1n) is 4.12. The van der Waals surface area contributed by atoms with E-state index in [2.05, 4.69) is 11.8 Å². The van der Waals surface area contributed by atoms with Crippen molar-refractivity contribution in [2.75, 3.05) is 0 Å². The molecule has 82 valence electrons. The topological polar surface area (TPSA) is 60.2 Å². The fourth-order valence-electron chi connectivity index (χ4n) is 0.975. The maximum absolute atomic E-state index is 12.8. The smallest absolute Gasteiger partial charge is 0.288 e. The molecule has 16 heavy (non-hydrogen) atoms. The van der Waals surface area contributed by atoms with Crippen LogP contribution in [0.1, 0.15) is 12.0 Å². The quantitative estimate of drug-likeness (QED) is 0.334. The van der Waals surface area contributed by atoms with E-state index in [0.717, 1.165) is 0 Å². The van der Waals surface area contributed by atoms with Gasteiger partial charge in [-0.1, -0.05) is 11.8 Å². The fraction of sp³-hybridized carbons (Fsp3) is 0.100. The van der Waals surface area contributed by atoms with Crippen LogP contribution in [-0.2, 0) is 4.79 Å². The number of benzene rings is 1. The van der Waals surface area contributed by atoms with Crippen molar-refractivity contribution in [2.45, 2.75) is 6.42 Å². The summed E-state index contributed by atoms with van der Waals surface area (Å²) < 4.78 is 25.5. The third kappa shape index (κ3) is 2.60. The summed E-state index contributed by atoms with van der Waals surface area (Å²) in [5.74, 6) is 1.98. The van der Waals surface area contributed by atoms with Crippen molar-refractivity contribution in [3.63, 3.8) is 0 Å². The van der Waals surface area contributed by atoms with E-state index in [0.29, 0.717) is 18.4 Å². The molecule has 0 N–H and O–H groups in total. The van der Waals surface area contributed by atoms with Gasteiger partial charge in [-0.05, 0) is 6.07 Å². The zero-order chi connectivity index (χ0) is 12.1. The maximum atomic E-state index is 12.8. The van der Waals surface area contributed by atoms with E-state index >= 15 is 0 Å². The minimum absolute atomic E-state index is 0.129. The Bertz CT molecular complexity index is 503. The lowest BCUT2D eigenvalue weighted by atomic mass is 10.1. The molecular formula is C10H5F2NO3. The molecule has 1 aromatic rings. The summed E-state index contributed by atoms with van der Waals surface area (Å²) in [6.07, 6.45) is 0.370. The van der Waals surface area contributed by atoms with Gasteiger partial charge in [0.2, 0.25) is 0 Å². The normalized spacial score (nSPS) is 9.12. The van der Waals surface area contributed by atoms with E-state index in [1.807, 2.05) is 0 Å². The number of hydrogen-bond donors (Lipinski definition) is 0. The maximum Gasteiger partial charge on any atom is 0.288 e. The van der Waals surface area contributed by atoms with Crippen molar-refractivity contribution in [2.24, 2.45) is 0 Å². The van der Waals surface area contributed by atoms with Gasteiger partial charge in [0.1, 0.15) is 11.8 Å². The third-order valence-electron chi connectivity index (χ3n) is 1.64. The van der Waals surface area contributed by atoms with Gasteiger partial charge in [-0.15, -0.1) is 0 Å². The van der Waals surface area contributed by atoms with Crippen LogP contribution in [0.15, 0.2) is 12.1 Å². The lowest BCUT2D eigenvalue weighted by molar-refractivity contribution is -0.385. The number of halogens is 2. The van der Waals surface area contributed by atoms with Crippen LogP contribution in [0.25, 0.3) is 0 Å². The standard InChI is InChI=1S/C10H5F2NO3/c11-8-5-7(3-1-2-4-14)10(13(15)16)6-9(8)12/h4-6H,2H2. The molecule has 0 bridgehead atoms. The molecule has 0 amide bonds. The highest BCUT2D eigenvalue weighted by Gasteiger charge is 2.16. The third-order valence-corrected chi connectivity index (χ3v) is 1.64. The molecule has 1 rings (SSSR count). The molecule has 0 spiro atoms. The molecule has 0 unspecified atom stereocenters.